The Hall–Kier alpha value is -1.78. The molecule has 1 heterocycles. The number of hydrogen-bond acceptors (Lipinski definition) is 3. The van der Waals surface area contributed by atoms with Gasteiger partial charge in [-0.25, -0.2) is 4.39 Å². The normalized spacial score (nSPS) is 17.5. The van der Waals surface area contributed by atoms with Crippen LogP contribution in [0.2, 0.25) is 5.02 Å². The van der Waals surface area contributed by atoms with Gasteiger partial charge in [-0.05, 0) is 55.8 Å². The molecule has 0 bridgehead atoms. The molecule has 1 atom stereocenters. The summed E-state index contributed by atoms with van der Waals surface area (Å²) >= 11 is 5.84. The van der Waals surface area contributed by atoms with Crippen molar-refractivity contribution < 1.29 is 13.9 Å². The van der Waals surface area contributed by atoms with Gasteiger partial charge in [0.05, 0.1) is 0 Å². The predicted octanol–water partition coefficient (Wildman–Crippen LogP) is 4.40. The molecule has 0 saturated carbocycles. The molecule has 3 nitrogen and oxygen atoms in total. The number of nitrogens with one attached hydrogen (secondary N) is 1. The highest BCUT2D eigenvalue weighted by Crippen LogP contribution is 2.34. The van der Waals surface area contributed by atoms with Crippen LogP contribution in [-0.2, 0) is 0 Å². The number of rotatable bonds is 5. The molecule has 116 valence electrons. The van der Waals surface area contributed by atoms with Crippen molar-refractivity contribution in [1.82, 2.24) is 5.32 Å². The molecule has 3 rings (SSSR count). The van der Waals surface area contributed by atoms with E-state index in [0.29, 0.717) is 29.2 Å². The summed E-state index contributed by atoms with van der Waals surface area (Å²) in [6.07, 6.45) is 2.22. The lowest BCUT2D eigenvalue weighted by Crippen LogP contribution is -2.28. The first-order valence-corrected chi connectivity index (χ1v) is 7.68. The van der Waals surface area contributed by atoms with Crippen molar-refractivity contribution in [2.75, 3.05) is 13.2 Å². The summed E-state index contributed by atoms with van der Waals surface area (Å²) in [4.78, 5) is 0. The first kappa shape index (κ1) is 15.1. The van der Waals surface area contributed by atoms with Crippen LogP contribution < -0.4 is 14.8 Å². The molecule has 0 aromatic heterocycles. The molecule has 2 aromatic rings. The van der Waals surface area contributed by atoms with Crippen LogP contribution in [0.3, 0.4) is 0 Å². The fraction of sp³-hybridized carbons (Fsp3) is 0.294. The van der Waals surface area contributed by atoms with Gasteiger partial charge < -0.3 is 14.8 Å². The van der Waals surface area contributed by atoms with Gasteiger partial charge in [-0.2, -0.15) is 0 Å². The highest BCUT2D eigenvalue weighted by molar-refractivity contribution is 6.30. The molecule has 22 heavy (non-hydrogen) atoms. The van der Waals surface area contributed by atoms with Crippen LogP contribution in [0.5, 0.6) is 17.2 Å². The average molecular weight is 322 g/mol. The zero-order valence-corrected chi connectivity index (χ0v) is 12.8. The fourth-order valence-electron chi connectivity index (χ4n) is 2.41. The Morgan fingerprint density at radius 2 is 2.00 bits per heavy atom. The van der Waals surface area contributed by atoms with E-state index in [1.807, 2.05) is 0 Å². The van der Waals surface area contributed by atoms with E-state index in [-0.39, 0.29) is 5.75 Å². The lowest BCUT2D eigenvalue weighted by atomic mass is 10.2. The second kappa shape index (κ2) is 6.99. The fourth-order valence-corrected chi connectivity index (χ4v) is 2.54. The predicted molar refractivity (Wildman–Crippen MR) is 84.4 cm³/mol. The van der Waals surface area contributed by atoms with E-state index >= 15 is 0 Å². The summed E-state index contributed by atoms with van der Waals surface area (Å²) < 4.78 is 25.4. The van der Waals surface area contributed by atoms with Crippen LogP contribution in [-0.4, -0.2) is 19.2 Å². The van der Waals surface area contributed by atoms with Crippen LogP contribution in [0.1, 0.15) is 12.8 Å². The van der Waals surface area contributed by atoms with Crippen LogP contribution in [0.15, 0.2) is 42.5 Å². The van der Waals surface area contributed by atoms with E-state index in [0.717, 1.165) is 19.4 Å². The van der Waals surface area contributed by atoms with Crippen LogP contribution in [0.25, 0.3) is 0 Å². The third-order valence-corrected chi connectivity index (χ3v) is 3.82. The molecule has 1 aliphatic heterocycles. The molecule has 0 amide bonds. The first-order chi connectivity index (χ1) is 10.7. The number of benzene rings is 2. The molecular formula is C17H17ClFNO2. The Labute approximate surface area is 134 Å². The van der Waals surface area contributed by atoms with Crippen molar-refractivity contribution in [2.45, 2.75) is 18.9 Å². The zero-order chi connectivity index (χ0) is 15.4. The lowest BCUT2D eigenvalue weighted by molar-refractivity contribution is 0.263. The van der Waals surface area contributed by atoms with Gasteiger partial charge in [-0.1, -0.05) is 17.7 Å². The summed E-state index contributed by atoms with van der Waals surface area (Å²) in [5, 5.41) is 3.94. The van der Waals surface area contributed by atoms with Gasteiger partial charge in [-0.3, -0.25) is 0 Å². The van der Waals surface area contributed by atoms with Crippen molar-refractivity contribution in [3.05, 3.63) is 53.3 Å². The molecule has 2 aromatic carbocycles. The van der Waals surface area contributed by atoms with Gasteiger partial charge in [0.1, 0.15) is 12.4 Å². The molecule has 0 aliphatic carbocycles. The molecule has 0 spiro atoms. The standard InChI is InChI=1S/C17H17ClFNO2/c18-12-6-8-14(9-7-12)22-17-15(19)4-1-5-16(17)21-11-13-3-2-10-20-13/h1,4-9,13,20H,2-3,10-11H2/t13-/m0/s1. The van der Waals surface area contributed by atoms with Gasteiger partial charge in [-0.15, -0.1) is 0 Å². The molecular weight excluding hydrogens is 305 g/mol. The minimum atomic E-state index is -0.452. The molecule has 5 heteroatoms. The monoisotopic (exact) mass is 321 g/mol. The van der Waals surface area contributed by atoms with Gasteiger partial charge in [0, 0.05) is 11.1 Å². The summed E-state index contributed by atoms with van der Waals surface area (Å²) in [5.74, 6) is 0.566. The maximum atomic E-state index is 14.1. The molecule has 1 N–H and O–H groups in total. The Morgan fingerprint density at radius 1 is 1.18 bits per heavy atom. The van der Waals surface area contributed by atoms with Crippen molar-refractivity contribution in [1.29, 1.82) is 0 Å². The largest absolute Gasteiger partial charge is 0.488 e. The molecule has 0 radical (unpaired) electrons. The minimum Gasteiger partial charge on any atom is -0.488 e. The second-order valence-electron chi connectivity index (χ2n) is 5.23. The van der Waals surface area contributed by atoms with Crippen LogP contribution >= 0.6 is 11.6 Å². The SMILES string of the molecule is Fc1cccc(OC[C@@H]2CCCN2)c1Oc1ccc(Cl)cc1. The summed E-state index contributed by atoms with van der Waals surface area (Å²) in [6.45, 7) is 1.51. The summed E-state index contributed by atoms with van der Waals surface area (Å²) in [6, 6.07) is 11.8. The van der Waals surface area contributed by atoms with Crippen LogP contribution in [0.4, 0.5) is 4.39 Å². The highest BCUT2D eigenvalue weighted by atomic mass is 35.5. The maximum Gasteiger partial charge on any atom is 0.204 e. The van der Waals surface area contributed by atoms with E-state index < -0.39 is 5.82 Å². The van der Waals surface area contributed by atoms with Gasteiger partial charge in [0.2, 0.25) is 5.75 Å². The van der Waals surface area contributed by atoms with E-state index in [4.69, 9.17) is 21.1 Å². The topological polar surface area (TPSA) is 30.5 Å². The van der Waals surface area contributed by atoms with E-state index in [9.17, 15) is 4.39 Å². The van der Waals surface area contributed by atoms with E-state index in [1.165, 1.54) is 6.07 Å². The van der Waals surface area contributed by atoms with E-state index in [2.05, 4.69) is 5.32 Å². The third-order valence-electron chi connectivity index (χ3n) is 3.57. The Kier molecular flexibility index (Phi) is 4.80. The van der Waals surface area contributed by atoms with Crippen molar-refractivity contribution in [3.63, 3.8) is 0 Å². The zero-order valence-electron chi connectivity index (χ0n) is 12.0. The van der Waals surface area contributed by atoms with Crippen molar-refractivity contribution >= 4 is 11.6 Å². The van der Waals surface area contributed by atoms with Gasteiger partial charge in [0.15, 0.2) is 11.6 Å². The Bertz CT molecular complexity index is 627. The Balaban J connectivity index is 1.75. The Morgan fingerprint density at radius 3 is 2.73 bits per heavy atom. The van der Waals surface area contributed by atoms with Crippen molar-refractivity contribution in [3.8, 4) is 17.2 Å². The molecule has 1 fully saturated rings. The molecule has 1 aliphatic rings. The second-order valence-corrected chi connectivity index (χ2v) is 5.66. The summed E-state index contributed by atoms with van der Waals surface area (Å²) in [5.41, 5.74) is 0. The van der Waals surface area contributed by atoms with Crippen molar-refractivity contribution in [2.24, 2.45) is 0 Å². The average Bonchev–Trinajstić information content (AvgIpc) is 3.03. The number of para-hydroxylation sites is 1. The van der Waals surface area contributed by atoms with Gasteiger partial charge in [0.25, 0.3) is 0 Å². The highest BCUT2D eigenvalue weighted by Gasteiger charge is 2.17. The third kappa shape index (κ3) is 3.70. The molecule has 0 unspecified atom stereocenters. The smallest absolute Gasteiger partial charge is 0.204 e. The number of hydrogen-bond donors (Lipinski definition) is 1. The molecule has 1 saturated heterocycles. The van der Waals surface area contributed by atoms with Crippen LogP contribution in [0, 0.1) is 5.82 Å². The lowest BCUT2D eigenvalue weighted by Gasteiger charge is -2.16. The first-order valence-electron chi connectivity index (χ1n) is 7.30. The number of halogens is 2. The maximum absolute atomic E-state index is 14.1. The van der Waals surface area contributed by atoms with Gasteiger partial charge >= 0.3 is 0 Å². The number of ether oxygens (including phenoxy) is 2. The minimum absolute atomic E-state index is 0.0998. The summed E-state index contributed by atoms with van der Waals surface area (Å²) in [7, 11) is 0. The van der Waals surface area contributed by atoms with E-state index in [1.54, 1.807) is 36.4 Å². The quantitative estimate of drug-likeness (QED) is 0.885.